The third-order valence-electron chi connectivity index (χ3n) is 4.75. The molecule has 0 atom stereocenters. The van der Waals surface area contributed by atoms with E-state index in [1.165, 1.54) is 25.9 Å². The first-order valence-corrected chi connectivity index (χ1v) is 8.45. The summed E-state index contributed by atoms with van der Waals surface area (Å²) in [5.41, 5.74) is 1.93. The number of aliphatic hydroxyl groups excluding tert-OH is 1. The van der Waals surface area contributed by atoms with E-state index in [1.807, 2.05) is 18.3 Å². The normalized spacial score (nSPS) is 17.4. The van der Waals surface area contributed by atoms with E-state index >= 15 is 0 Å². The SMILES string of the molecule is CCN1CCC(Cc2nc3cccnc3n2CCCO)CC1. The van der Waals surface area contributed by atoms with Crippen molar-refractivity contribution in [3.8, 4) is 0 Å². The highest BCUT2D eigenvalue weighted by molar-refractivity contribution is 5.71. The van der Waals surface area contributed by atoms with Crippen LogP contribution in [0.2, 0.25) is 0 Å². The Balaban J connectivity index is 1.77. The highest BCUT2D eigenvalue weighted by Gasteiger charge is 2.21. The largest absolute Gasteiger partial charge is 0.396 e. The monoisotopic (exact) mass is 302 g/mol. The second kappa shape index (κ2) is 7.20. The van der Waals surface area contributed by atoms with Crippen molar-refractivity contribution in [2.45, 2.75) is 39.2 Å². The van der Waals surface area contributed by atoms with Crippen LogP contribution in [0.1, 0.15) is 32.0 Å². The number of imidazole rings is 1. The fourth-order valence-corrected chi connectivity index (χ4v) is 3.39. The first kappa shape index (κ1) is 15.4. The molecule has 0 saturated carbocycles. The number of fused-ring (bicyclic) bond motifs is 1. The Morgan fingerprint density at radius 2 is 2.14 bits per heavy atom. The molecule has 0 aromatic carbocycles. The van der Waals surface area contributed by atoms with E-state index in [1.54, 1.807) is 0 Å². The summed E-state index contributed by atoms with van der Waals surface area (Å²) in [6.45, 7) is 6.81. The quantitative estimate of drug-likeness (QED) is 0.888. The lowest BCUT2D eigenvalue weighted by atomic mass is 9.93. The van der Waals surface area contributed by atoms with Gasteiger partial charge in [-0.3, -0.25) is 0 Å². The van der Waals surface area contributed by atoms with Gasteiger partial charge in [-0.05, 0) is 56.9 Å². The lowest BCUT2D eigenvalue weighted by Crippen LogP contribution is -2.34. The van der Waals surface area contributed by atoms with Gasteiger partial charge in [-0.1, -0.05) is 6.92 Å². The number of hydrogen-bond donors (Lipinski definition) is 1. The van der Waals surface area contributed by atoms with E-state index in [2.05, 4.69) is 21.4 Å². The second-order valence-electron chi connectivity index (χ2n) is 6.18. The minimum absolute atomic E-state index is 0.209. The molecule has 0 bridgehead atoms. The van der Waals surface area contributed by atoms with Crippen molar-refractivity contribution in [1.82, 2.24) is 19.4 Å². The van der Waals surface area contributed by atoms with Crippen LogP contribution in [-0.2, 0) is 13.0 Å². The van der Waals surface area contributed by atoms with Gasteiger partial charge in [-0.15, -0.1) is 0 Å². The van der Waals surface area contributed by atoms with Crippen LogP contribution in [0.25, 0.3) is 11.2 Å². The smallest absolute Gasteiger partial charge is 0.159 e. The second-order valence-corrected chi connectivity index (χ2v) is 6.18. The summed E-state index contributed by atoms with van der Waals surface area (Å²) in [6.07, 6.45) is 6.11. The van der Waals surface area contributed by atoms with E-state index in [4.69, 9.17) is 10.1 Å². The van der Waals surface area contributed by atoms with Crippen LogP contribution in [0.15, 0.2) is 18.3 Å². The van der Waals surface area contributed by atoms with Crippen LogP contribution < -0.4 is 0 Å². The molecule has 5 nitrogen and oxygen atoms in total. The Kier molecular flexibility index (Phi) is 5.05. The van der Waals surface area contributed by atoms with Crippen LogP contribution >= 0.6 is 0 Å². The minimum atomic E-state index is 0.209. The van der Waals surface area contributed by atoms with E-state index in [9.17, 15) is 0 Å². The summed E-state index contributed by atoms with van der Waals surface area (Å²) in [6, 6.07) is 3.97. The molecule has 5 heteroatoms. The standard InChI is InChI=1S/C17H26N4O/c1-2-20-10-6-14(7-11-20)13-16-19-15-5-3-8-18-17(15)21(16)9-4-12-22/h3,5,8,14,22H,2,4,6-7,9-13H2,1H3. The number of pyridine rings is 1. The number of aliphatic hydroxyl groups is 1. The Hall–Kier alpha value is -1.46. The fourth-order valence-electron chi connectivity index (χ4n) is 3.39. The van der Waals surface area contributed by atoms with Crippen molar-refractivity contribution >= 4 is 11.2 Å². The molecule has 1 N–H and O–H groups in total. The summed E-state index contributed by atoms with van der Waals surface area (Å²) < 4.78 is 2.21. The van der Waals surface area contributed by atoms with Crippen molar-refractivity contribution < 1.29 is 5.11 Å². The zero-order valence-electron chi connectivity index (χ0n) is 13.4. The molecule has 1 fully saturated rings. The number of piperidine rings is 1. The maximum atomic E-state index is 9.15. The first-order chi connectivity index (χ1) is 10.8. The summed E-state index contributed by atoms with van der Waals surface area (Å²) in [5.74, 6) is 1.85. The summed E-state index contributed by atoms with van der Waals surface area (Å²) in [4.78, 5) is 11.8. The van der Waals surface area contributed by atoms with E-state index < -0.39 is 0 Å². The zero-order chi connectivity index (χ0) is 15.4. The van der Waals surface area contributed by atoms with Gasteiger partial charge in [-0.25, -0.2) is 9.97 Å². The van der Waals surface area contributed by atoms with E-state index in [0.29, 0.717) is 5.92 Å². The molecule has 0 aliphatic carbocycles. The molecule has 1 saturated heterocycles. The highest BCUT2D eigenvalue weighted by atomic mass is 16.3. The molecule has 22 heavy (non-hydrogen) atoms. The molecule has 0 amide bonds. The van der Waals surface area contributed by atoms with Crippen LogP contribution in [0.5, 0.6) is 0 Å². The van der Waals surface area contributed by atoms with Gasteiger partial charge >= 0.3 is 0 Å². The lowest BCUT2D eigenvalue weighted by molar-refractivity contribution is 0.190. The third kappa shape index (κ3) is 3.31. The maximum Gasteiger partial charge on any atom is 0.159 e. The number of likely N-dealkylation sites (tertiary alicyclic amines) is 1. The van der Waals surface area contributed by atoms with E-state index in [0.717, 1.165) is 42.9 Å². The van der Waals surface area contributed by atoms with Gasteiger partial charge in [0.25, 0.3) is 0 Å². The fraction of sp³-hybridized carbons (Fsp3) is 0.647. The van der Waals surface area contributed by atoms with Gasteiger partial charge in [0, 0.05) is 25.8 Å². The predicted molar refractivity (Wildman–Crippen MR) is 87.8 cm³/mol. The number of hydrogen-bond acceptors (Lipinski definition) is 4. The van der Waals surface area contributed by atoms with Crippen molar-refractivity contribution in [2.75, 3.05) is 26.2 Å². The van der Waals surface area contributed by atoms with Gasteiger partial charge in [0.05, 0.1) is 0 Å². The average molecular weight is 302 g/mol. The summed E-state index contributed by atoms with van der Waals surface area (Å²) in [5, 5.41) is 9.15. The van der Waals surface area contributed by atoms with Gasteiger partial charge < -0.3 is 14.6 Å². The van der Waals surface area contributed by atoms with Crippen molar-refractivity contribution in [2.24, 2.45) is 5.92 Å². The molecule has 2 aromatic heterocycles. The molecule has 0 radical (unpaired) electrons. The molecule has 3 rings (SSSR count). The number of aromatic nitrogens is 3. The molecule has 1 aliphatic heterocycles. The van der Waals surface area contributed by atoms with Crippen molar-refractivity contribution in [3.05, 3.63) is 24.2 Å². The molecule has 0 spiro atoms. The molecule has 120 valence electrons. The van der Waals surface area contributed by atoms with E-state index in [-0.39, 0.29) is 6.61 Å². The summed E-state index contributed by atoms with van der Waals surface area (Å²) in [7, 11) is 0. The predicted octanol–water partition coefficient (Wildman–Crippen LogP) is 2.09. The first-order valence-electron chi connectivity index (χ1n) is 8.45. The van der Waals surface area contributed by atoms with Crippen LogP contribution in [0.4, 0.5) is 0 Å². The number of aryl methyl sites for hydroxylation is 1. The van der Waals surface area contributed by atoms with Gasteiger partial charge in [0.1, 0.15) is 11.3 Å². The van der Waals surface area contributed by atoms with Crippen molar-refractivity contribution in [1.29, 1.82) is 0 Å². The van der Waals surface area contributed by atoms with Gasteiger partial charge in [0.15, 0.2) is 5.65 Å². The minimum Gasteiger partial charge on any atom is -0.396 e. The molecule has 2 aromatic rings. The van der Waals surface area contributed by atoms with Crippen molar-refractivity contribution in [3.63, 3.8) is 0 Å². The molecular formula is C17H26N4O. The lowest BCUT2D eigenvalue weighted by Gasteiger charge is -2.30. The Labute approximate surface area is 132 Å². The number of nitrogens with zero attached hydrogens (tertiary/aromatic N) is 4. The van der Waals surface area contributed by atoms with Gasteiger partial charge in [0.2, 0.25) is 0 Å². The Bertz CT molecular complexity index is 602. The topological polar surface area (TPSA) is 54.2 Å². The molecule has 3 heterocycles. The van der Waals surface area contributed by atoms with Crippen LogP contribution in [0.3, 0.4) is 0 Å². The summed E-state index contributed by atoms with van der Waals surface area (Å²) >= 11 is 0. The average Bonchev–Trinajstić information content (AvgIpc) is 2.91. The molecule has 1 aliphatic rings. The number of rotatable bonds is 6. The molecule has 0 unspecified atom stereocenters. The van der Waals surface area contributed by atoms with Crippen LogP contribution in [0, 0.1) is 5.92 Å². The maximum absolute atomic E-state index is 9.15. The Morgan fingerprint density at radius 3 is 2.86 bits per heavy atom. The Morgan fingerprint density at radius 1 is 1.32 bits per heavy atom. The third-order valence-corrected chi connectivity index (χ3v) is 4.75. The van der Waals surface area contributed by atoms with Gasteiger partial charge in [-0.2, -0.15) is 0 Å². The van der Waals surface area contributed by atoms with Crippen LogP contribution in [-0.4, -0.2) is 50.8 Å². The molecular weight excluding hydrogens is 276 g/mol. The zero-order valence-corrected chi connectivity index (χ0v) is 13.4. The highest BCUT2D eigenvalue weighted by Crippen LogP contribution is 2.23.